The first-order valence-corrected chi connectivity index (χ1v) is 10.6. The monoisotopic (exact) mass is 436 g/mol. The lowest BCUT2D eigenvalue weighted by Crippen LogP contribution is -2.27. The molecule has 4 rings (SSSR count). The van der Waals surface area contributed by atoms with Crippen LogP contribution in [0.5, 0.6) is 0 Å². The molecule has 31 heavy (non-hydrogen) atoms. The second-order valence-corrected chi connectivity index (χ2v) is 8.00. The summed E-state index contributed by atoms with van der Waals surface area (Å²) in [7, 11) is 0. The van der Waals surface area contributed by atoms with E-state index in [4.69, 9.17) is 5.73 Å². The minimum absolute atomic E-state index is 0.270. The molecule has 0 radical (unpaired) electrons. The normalized spacial score (nSPS) is 11.9. The Morgan fingerprint density at radius 1 is 1.19 bits per heavy atom. The molecule has 0 bridgehead atoms. The van der Waals surface area contributed by atoms with Crippen LogP contribution < -0.4 is 16.4 Å². The summed E-state index contributed by atoms with van der Waals surface area (Å²) in [5.74, 6) is -0.388. The largest absolute Gasteiger partial charge is 0.399 e. The van der Waals surface area contributed by atoms with E-state index in [-0.39, 0.29) is 11.9 Å². The van der Waals surface area contributed by atoms with E-state index in [1.54, 1.807) is 6.20 Å². The summed E-state index contributed by atoms with van der Waals surface area (Å²) < 4.78 is 14.2. The van der Waals surface area contributed by atoms with Crippen LogP contribution in [0.2, 0.25) is 0 Å². The van der Waals surface area contributed by atoms with E-state index in [2.05, 4.69) is 25.6 Å². The molecule has 0 aliphatic rings. The lowest BCUT2D eigenvalue weighted by Gasteiger charge is -2.15. The number of nitrogens with one attached hydrogen (secondary N) is 2. The minimum Gasteiger partial charge on any atom is -0.399 e. The van der Waals surface area contributed by atoms with Gasteiger partial charge in [0, 0.05) is 18.4 Å². The number of anilines is 2. The second-order valence-electron chi connectivity index (χ2n) is 7.08. The van der Waals surface area contributed by atoms with Gasteiger partial charge in [-0.1, -0.05) is 12.1 Å². The zero-order chi connectivity index (χ0) is 21.8. The maximum Gasteiger partial charge on any atom is 0.271 e. The lowest BCUT2D eigenvalue weighted by atomic mass is 10.1. The molecule has 0 unspecified atom stereocenters. The maximum absolute atomic E-state index is 13.5. The van der Waals surface area contributed by atoms with Crippen molar-refractivity contribution in [3.63, 3.8) is 0 Å². The number of nitrogen functional groups attached to an aromatic ring is 1. The van der Waals surface area contributed by atoms with Gasteiger partial charge in [-0.3, -0.25) is 9.78 Å². The van der Waals surface area contributed by atoms with Gasteiger partial charge in [-0.15, -0.1) is 11.3 Å². The summed E-state index contributed by atoms with van der Waals surface area (Å²) >= 11 is 1.41. The second kappa shape index (κ2) is 9.05. The molecule has 7 nitrogen and oxygen atoms in total. The van der Waals surface area contributed by atoms with E-state index in [0.29, 0.717) is 41.4 Å². The van der Waals surface area contributed by atoms with Crippen molar-refractivity contribution < 1.29 is 9.18 Å². The molecule has 0 fully saturated rings. The molecule has 0 spiro atoms. The number of aromatic nitrogens is 3. The SMILES string of the molecule is C[C@H](Nc1nc(C(=O)NCCc2ccc(N)cc2)c2sccc2n1)c1cncc(F)c1. The van der Waals surface area contributed by atoms with Crippen molar-refractivity contribution in [1.82, 2.24) is 20.3 Å². The molecular formula is C22H21FN6OS. The summed E-state index contributed by atoms with van der Waals surface area (Å²) in [5.41, 5.74) is 9.13. The molecule has 3 aromatic heterocycles. The number of carbonyl (C=O) groups is 1. The van der Waals surface area contributed by atoms with Crippen molar-refractivity contribution >= 4 is 39.1 Å². The highest BCUT2D eigenvalue weighted by Gasteiger charge is 2.17. The maximum atomic E-state index is 13.5. The van der Waals surface area contributed by atoms with E-state index in [1.165, 1.54) is 17.4 Å². The Morgan fingerprint density at radius 2 is 2.00 bits per heavy atom. The molecule has 0 aliphatic heterocycles. The zero-order valence-electron chi connectivity index (χ0n) is 16.8. The predicted octanol–water partition coefficient (Wildman–Crippen LogP) is 3.95. The number of benzene rings is 1. The van der Waals surface area contributed by atoms with Gasteiger partial charge in [-0.05, 0) is 54.1 Å². The summed E-state index contributed by atoms with van der Waals surface area (Å²) in [4.78, 5) is 25.7. The van der Waals surface area contributed by atoms with Gasteiger partial charge < -0.3 is 16.4 Å². The first-order valence-electron chi connectivity index (χ1n) is 9.74. The molecule has 0 saturated heterocycles. The number of thiophene rings is 1. The smallest absolute Gasteiger partial charge is 0.271 e. The van der Waals surface area contributed by atoms with Crippen LogP contribution in [0.25, 0.3) is 10.2 Å². The number of hydrogen-bond acceptors (Lipinski definition) is 7. The minimum atomic E-state index is -0.415. The highest BCUT2D eigenvalue weighted by Crippen LogP contribution is 2.25. The zero-order valence-corrected chi connectivity index (χ0v) is 17.6. The number of halogens is 1. The first-order chi connectivity index (χ1) is 15.0. The van der Waals surface area contributed by atoms with Gasteiger partial charge in [0.05, 0.1) is 22.5 Å². The standard InChI is InChI=1S/C22H21FN6OS/c1-13(15-10-16(23)12-25-11-15)27-22-28-18-7-9-31-20(18)19(29-22)21(30)26-8-6-14-2-4-17(24)5-3-14/h2-5,7,9-13H,6,8,24H2,1H3,(H,26,30)(H,27,28,29)/t13-/m0/s1. The predicted molar refractivity (Wildman–Crippen MR) is 121 cm³/mol. The fourth-order valence-electron chi connectivity index (χ4n) is 3.11. The van der Waals surface area contributed by atoms with E-state index in [0.717, 1.165) is 16.5 Å². The highest BCUT2D eigenvalue weighted by atomic mass is 32.1. The summed E-state index contributed by atoms with van der Waals surface area (Å²) in [5, 5.41) is 7.93. The molecule has 4 aromatic rings. The van der Waals surface area contributed by atoms with Crippen LogP contribution in [-0.2, 0) is 6.42 Å². The van der Waals surface area contributed by atoms with Crippen LogP contribution in [0, 0.1) is 5.82 Å². The topological polar surface area (TPSA) is 106 Å². The first kappa shape index (κ1) is 20.7. The van der Waals surface area contributed by atoms with Crippen LogP contribution in [-0.4, -0.2) is 27.4 Å². The third-order valence-corrected chi connectivity index (χ3v) is 5.68. The number of amides is 1. The number of nitrogens with two attached hydrogens (primary N) is 1. The van der Waals surface area contributed by atoms with Crippen molar-refractivity contribution in [2.45, 2.75) is 19.4 Å². The van der Waals surface area contributed by atoms with E-state index in [1.807, 2.05) is 42.6 Å². The Kier molecular flexibility index (Phi) is 6.03. The highest BCUT2D eigenvalue weighted by molar-refractivity contribution is 7.17. The average Bonchev–Trinajstić information content (AvgIpc) is 3.23. The number of rotatable bonds is 7. The van der Waals surface area contributed by atoms with Gasteiger partial charge in [0.25, 0.3) is 5.91 Å². The van der Waals surface area contributed by atoms with Gasteiger partial charge in [0.2, 0.25) is 5.95 Å². The van der Waals surface area contributed by atoms with Crippen LogP contribution in [0.15, 0.2) is 54.2 Å². The Balaban J connectivity index is 1.49. The van der Waals surface area contributed by atoms with Gasteiger partial charge in [0.15, 0.2) is 5.69 Å². The van der Waals surface area contributed by atoms with Crippen molar-refractivity contribution in [3.05, 3.63) is 76.8 Å². The lowest BCUT2D eigenvalue weighted by molar-refractivity contribution is 0.0951. The molecule has 0 saturated carbocycles. The summed E-state index contributed by atoms with van der Waals surface area (Å²) in [6, 6.07) is 10.5. The molecule has 158 valence electrons. The van der Waals surface area contributed by atoms with Crippen molar-refractivity contribution in [2.24, 2.45) is 0 Å². The Labute approximate surface area is 182 Å². The van der Waals surface area contributed by atoms with E-state index < -0.39 is 5.82 Å². The van der Waals surface area contributed by atoms with Crippen LogP contribution in [0.1, 0.15) is 34.6 Å². The van der Waals surface area contributed by atoms with E-state index in [9.17, 15) is 9.18 Å². The van der Waals surface area contributed by atoms with Gasteiger partial charge >= 0.3 is 0 Å². The molecule has 1 amide bonds. The summed E-state index contributed by atoms with van der Waals surface area (Å²) in [6.07, 6.45) is 3.41. The van der Waals surface area contributed by atoms with Crippen LogP contribution in [0.3, 0.4) is 0 Å². The molecule has 4 N–H and O–H groups in total. The average molecular weight is 437 g/mol. The Hall–Kier alpha value is -3.59. The Morgan fingerprint density at radius 3 is 2.77 bits per heavy atom. The number of fused-ring (bicyclic) bond motifs is 1. The third-order valence-electron chi connectivity index (χ3n) is 4.77. The van der Waals surface area contributed by atoms with E-state index >= 15 is 0 Å². The molecule has 1 atom stereocenters. The van der Waals surface area contributed by atoms with Crippen LogP contribution in [0.4, 0.5) is 16.0 Å². The quantitative estimate of drug-likeness (QED) is 0.379. The summed E-state index contributed by atoms with van der Waals surface area (Å²) in [6.45, 7) is 2.32. The molecule has 0 aliphatic carbocycles. The molecular weight excluding hydrogens is 415 g/mol. The number of pyridine rings is 1. The molecule has 9 heteroatoms. The Bertz CT molecular complexity index is 1210. The van der Waals surface area contributed by atoms with Gasteiger partial charge in [-0.2, -0.15) is 0 Å². The molecule has 1 aromatic carbocycles. The van der Waals surface area contributed by atoms with Crippen LogP contribution >= 0.6 is 11.3 Å². The molecule has 3 heterocycles. The van der Waals surface area contributed by atoms with Crippen molar-refractivity contribution in [1.29, 1.82) is 0 Å². The fourth-order valence-corrected chi connectivity index (χ4v) is 3.93. The van der Waals surface area contributed by atoms with Crippen molar-refractivity contribution in [3.8, 4) is 0 Å². The number of nitrogens with zero attached hydrogens (tertiary/aromatic N) is 3. The number of carbonyl (C=O) groups excluding carboxylic acids is 1. The fraction of sp³-hybridized carbons (Fsp3) is 0.182. The number of hydrogen-bond donors (Lipinski definition) is 3. The van der Waals surface area contributed by atoms with Gasteiger partial charge in [-0.25, -0.2) is 14.4 Å². The van der Waals surface area contributed by atoms with Gasteiger partial charge in [0.1, 0.15) is 5.82 Å². The third kappa shape index (κ3) is 4.95. The van der Waals surface area contributed by atoms with Crippen molar-refractivity contribution in [2.75, 3.05) is 17.6 Å².